The Kier molecular flexibility index (Phi) is 9.09. The van der Waals surface area contributed by atoms with E-state index in [-0.39, 0.29) is 29.8 Å². The number of nitrogens with zero attached hydrogens (tertiary/aromatic N) is 5. The lowest BCUT2D eigenvalue weighted by molar-refractivity contribution is 0.311. The number of anilines is 1. The smallest absolute Gasteiger partial charge is 0.193 e. The van der Waals surface area contributed by atoms with Gasteiger partial charge in [-0.2, -0.15) is 0 Å². The molecular formula is C21H30FIN6. The van der Waals surface area contributed by atoms with Gasteiger partial charge in [0.2, 0.25) is 0 Å². The van der Waals surface area contributed by atoms with Crippen LogP contribution in [0.2, 0.25) is 0 Å². The molecule has 0 unspecified atom stereocenters. The van der Waals surface area contributed by atoms with E-state index in [0.717, 1.165) is 49.1 Å². The van der Waals surface area contributed by atoms with Crippen molar-refractivity contribution >= 4 is 35.8 Å². The molecule has 3 rings (SSSR count). The fraction of sp³-hybridized carbons (Fsp3) is 0.429. The highest BCUT2D eigenvalue weighted by Crippen LogP contribution is 2.18. The Hall–Kier alpha value is -1.94. The summed E-state index contributed by atoms with van der Waals surface area (Å²) in [5.74, 6) is 1.57. The third-order valence-corrected chi connectivity index (χ3v) is 4.99. The van der Waals surface area contributed by atoms with E-state index in [1.54, 1.807) is 19.2 Å². The Labute approximate surface area is 189 Å². The highest BCUT2D eigenvalue weighted by Gasteiger charge is 2.18. The summed E-state index contributed by atoms with van der Waals surface area (Å²) in [6.45, 7) is 5.26. The summed E-state index contributed by atoms with van der Waals surface area (Å²) in [7, 11) is 5.86. The zero-order valence-electron chi connectivity index (χ0n) is 17.3. The van der Waals surface area contributed by atoms with Gasteiger partial charge in [-0.05, 0) is 30.8 Å². The monoisotopic (exact) mass is 512 g/mol. The molecule has 1 N–H and O–H groups in total. The summed E-state index contributed by atoms with van der Waals surface area (Å²) in [6, 6.07) is 10.7. The normalized spacial score (nSPS) is 15.0. The molecule has 0 saturated carbocycles. The zero-order chi connectivity index (χ0) is 19.9. The number of hydrogen-bond acceptors (Lipinski definition) is 4. The minimum atomic E-state index is -0.221. The number of rotatable bonds is 5. The molecule has 0 amide bonds. The van der Waals surface area contributed by atoms with Crippen molar-refractivity contribution in [3.63, 3.8) is 0 Å². The van der Waals surface area contributed by atoms with Crippen molar-refractivity contribution in [1.82, 2.24) is 20.1 Å². The second-order valence-corrected chi connectivity index (χ2v) is 7.16. The van der Waals surface area contributed by atoms with E-state index in [2.05, 4.69) is 38.2 Å². The molecular weight excluding hydrogens is 482 g/mol. The number of halogens is 2. The molecule has 29 heavy (non-hydrogen) atoms. The van der Waals surface area contributed by atoms with Crippen molar-refractivity contribution in [2.45, 2.75) is 13.1 Å². The van der Waals surface area contributed by atoms with E-state index in [9.17, 15) is 4.39 Å². The van der Waals surface area contributed by atoms with E-state index in [4.69, 9.17) is 0 Å². The van der Waals surface area contributed by atoms with Gasteiger partial charge in [0, 0.05) is 65.1 Å². The Bertz CT molecular complexity index is 807. The predicted octanol–water partition coefficient (Wildman–Crippen LogP) is 2.80. The molecule has 1 aromatic heterocycles. The highest BCUT2D eigenvalue weighted by molar-refractivity contribution is 14.0. The summed E-state index contributed by atoms with van der Waals surface area (Å²) in [5, 5.41) is 3.41. The number of guanidine groups is 1. The number of likely N-dealkylation sites (N-methyl/N-ethyl adjacent to an activating group) is 1. The van der Waals surface area contributed by atoms with Crippen LogP contribution in [0.3, 0.4) is 0 Å². The zero-order valence-corrected chi connectivity index (χ0v) is 19.6. The van der Waals surface area contributed by atoms with Gasteiger partial charge in [-0.1, -0.05) is 18.2 Å². The topological polar surface area (TPSA) is 47.0 Å². The molecule has 8 heteroatoms. The van der Waals surface area contributed by atoms with E-state index in [1.807, 2.05) is 30.3 Å². The lowest BCUT2D eigenvalue weighted by Gasteiger charge is -2.34. The molecule has 0 aliphatic carbocycles. The number of piperazine rings is 1. The molecule has 0 spiro atoms. The number of nitrogens with one attached hydrogen (secondary N) is 1. The maximum atomic E-state index is 13.4. The van der Waals surface area contributed by atoms with Crippen molar-refractivity contribution in [2.75, 3.05) is 52.2 Å². The first kappa shape index (κ1) is 23.3. The summed E-state index contributed by atoms with van der Waals surface area (Å²) < 4.78 is 13.4. The molecule has 1 fully saturated rings. The maximum Gasteiger partial charge on any atom is 0.193 e. The Morgan fingerprint density at radius 3 is 2.66 bits per heavy atom. The van der Waals surface area contributed by atoms with Gasteiger partial charge in [0.15, 0.2) is 5.96 Å². The minimum absolute atomic E-state index is 0. The number of hydrogen-bond donors (Lipinski definition) is 1. The van der Waals surface area contributed by atoms with Crippen molar-refractivity contribution in [2.24, 2.45) is 4.99 Å². The minimum Gasteiger partial charge on any atom is -0.354 e. The maximum absolute atomic E-state index is 13.4. The first-order chi connectivity index (χ1) is 13.6. The largest absolute Gasteiger partial charge is 0.354 e. The second-order valence-electron chi connectivity index (χ2n) is 7.16. The molecule has 0 bridgehead atoms. The van der Waals surface area contributed by atoms with Crippen molar-refractivity contribution in [1.29, 1.82) is 0 Å². The Balaban J connectivity index is 0.00000300. The van der Waals surface area contributed by atoms with Gasteiger partial charge >= 0.3 is 0 Å². The van der Waals surface area contributed by atoms with Crippen LogP contribution in [0.1, 0.15) is 11.1 Å². The summed E-state index contributed by atoms with van der Waals surface area (Å²) in [4.78, 5) is 15.7. The van der Waals surface area contributed by atoms with Gasteiger partial charge in [-0.15, -0.1) is 24.0 Å². The van der Waals surface area contributed by atoms with Crippen LogP contribution in [0.4, 0.5) is 10.2 Å². The SMILES string of the molecule is CN=C(NCc1cccnc1N1CCN(C)CC1)N(C)Cc1cccc(F)c1.I. The van der Waals surface area contributed by atoms with Gasteiger partial charge in [0.25, 0.3) is 0 Å². The molecule has 1 aliphatic rings. The molecule has 0 atom stereocenters. The first-order valence-electron chi connectivity index (χ1n) is 9.60. The van der Waals surface area contributed by atoms with Crippen LogP contribution in [0.15, 0.2) is 47.6 Å². The molecule has 2 aromatic rings. The Morgan fingerprint density at radius 2 is 1.97 bits per heavy atom. The number of aromatic nitrogens is 1. The fourth-order valence-electron chi connectivity index (χ4n) is 3.41. The molecule has 6 nitrogen and oxygen atoms in total. The summed E-state index contributed by atoms with van der Waals surface area (Å²) in [6.07, 6.45) is 1.85. The summed E-state index contributed by atoms with van der Waals surface area (Å²) in [5.41, 5.74) is 2.05. The molecule has 158 valence electrons. The van der Waals surface area contributed by atoms with Gasteiger partial charge in [-0.3, -0.25) is 4.99 Å². The van der Waals surface area contributed by atoms with E-state index >= 15 is 0 Å². The third kappa shape index (κ3) is 6.53. The van der Waals surface area contributed by atoms with E-state index in [1.165, 1.54) is 6.07 Å². The van der Waals surface area contributed by atoms with E-state index < -0.39 is 0 Å². The van der Waals surface area contributed by atoms with Crippen LogP contribution >= 0.6 is 24.0 Å². The van der Waals surface area contributed by atoms with Crippen LogP contribution in [-0.4, -0.2) is 68.1 Å². The quantitative estimate of drug-likeness (QED) is 0.380. The first-order valence-corrected chi connectivity index (χ1v) is 9.60. The van der Waals surface area contributed by atoms with Gasteiger partial charge < -0.3 is 20.0 Å². The highest BCUT2D eigenvalue weighted by atomic mass is 127. The second kappa shape index (κ2) is 11.3. The number of pyridine rings is 1. The fourth-order valence-corrected chi connectivity index (χ4v) is 3.41. The van der Waals surface area contributed by atoms with Gasteiger partial charge in [0.05, 0.1) is 0 Å². The molecule has 1 aliphatic heterocycles. The average Bonchev–Trinajstić information content (AvgIpc) is 2.69. The molecule has 2 heterocycles. The van der Waals surface area contributed by atoms with Crippen molar-refractivity contribution in [3.8, 4) is 0 Å². The van der Waals surface area contributed by atoms with Gasteiger partial charge in [0.1, 0.15) is 11.6 Å². The lowest BCUT2D eigenvalue weighted by Crippen LogP contribution is -2.45. The van der Waals surface area contributed by atoms with Crippen LogP contribution in [0.25, 0.3) is 0 Å². The van der Waals surface area contributed by atoms with Crippen molar-refractivity contribution in [3.05, 3.63) is 59.5 Å². The molecule has 1 saturated heterocycles. The average molecular weight is 512 g/mol. The molecule has 1 aromatic carbocycles. The van der Waals surface area contributed by atoms with Crippen LogP contribution in [0.5, 0.6) is 0 Å². The summed E-state index contributed by atoms with van der Waals surface area (Å²) >= 11 is 0. The third-order valence-electron chi connectivity index (χ3n) is 4.99. The standard InChI is InChI=1S/C21H29FN6.HI/c1-23-21(27(3)16-17-6-4-8-19(22)14-17)25-15-18-7-5-9-24-20(18)28-12-10-26(2)11-13-28;/h4-9,14H,10-13,15-16H2,1-3H3,(H,23,25);1H. The van der Waals surface area contributed by atoms with Crippen LogP contribution < -0.4 is 10.2 Å². The predicted molar refractivity (Wildman–Crippen MR) is 127 cm³/mol. The van der Waals surface area contributed by atoms with E-state index in [0.29, 0.717) is 13.1 Å². The Morgan fingerprint density at radius 1 is 1.21 bits per heavy atom. The van der Waals surface area contributed by atoms with Gasteiger partial charge in [-0.25, -0.2) is 9.37 Å². The van der Waals surface area contributed by atoms with Crippen molar-refractivity contribution < 1.29 is 4.39 Å². The number of aliphatic imine (C=N–C) groups is 1. The lowest BCUT2D eigenvalue weighted by atomic mass is 10.2. The van der Waals surface area contributed by atoms with Crippen LogP contribution in [0, 0.1) is 5.82 Å². The van der Waals surface area contributed by atoms with Crippen LogP contribution in [-0.2, 0) is 13.1 Å². The number of benzene rings is 1. The molecule has 0 radical (unpaired) electrons.